The molecule has 1 aromatic rings. The van der Waals surface area contributed by atoms with Gasteiger partial charge >= 0.3 is 0 Å². The molecule has 0 aromatic heterocycles. The second-order valence-corrected chi connectivity index (χ2v) is 3.90. The molecule has 14 heavy (non-hydrogen) atoms. The Bertz CT molecular complexity index is 299. The van der Waals surface area contributed by atoms with Crippen molar-refractivity contribution < 1.29 is 4.74 Å². The van der Waals surface area contributed by atoms with Crippen molar-refractivity contribution in [3.63, 3.8) is 0 Å². The van der Waals surface area contributed by atoms with Gasteiger partial charge in [-0.2, -0.15) is 0 Å². The third-order valence-electron chi connectivity index (χ3n) is 1.93. The Labute approximate surface area is 90.0 Å². The molecule has 78 valence electrons. The molecule has 2 N–H and O–H groups in total. The lowest BCUT2D eigenvalue weighted by Gasteiger charge is -2.09. The maximum atomic E-state index is 6.06. The van der Waals surface area contributed by atoms with E-state index in [2.05, 4.69) is 0 Å². The van der Waals surface area contributed by atoms with Gasteiger partial charge in [-0.25, -0.2) is 0 Å². The van der Waals surface area contributed by atoms with Gasteiger partial charge in [0.15, 0.2) is 0 Å². The van der Waals surface area contributed by atoms with E-state index in [-0.39, 0.29) is 6.10 Å². The van der Waals surface area contributed by atoms with Crippen molar-refractivity contribution in [3.8, 4) is 0 Å². The molecule has 0 heterocycles. The first kappa shape index (κ1) is 11.5. The Hall–Kier alpha value is -0.570. The summed E-state index contributed by atoms with van der Waals surface area (Å²) in [4.78, 5) is 0. The Kier molecular flexibility index (Phi) is 4.39. The molecule has 0 aliphatic rings. The summed E-state index contributed by atoms with van der Waals surface area (Å²) in [5, 5.41) is 0.730. The molecule has 0 fully saturated rings. The number of ether oxygens (including phenoxy) is 1. The van der Waals surface area contributed by atoms with Crippen LogP contribution in [-0.4, -0.2) is 6.10 Å². The fourth-order valence-corrected chi connectivity index (χ4v) is 1.35. The van der Waals surface area contributed by atoms with Gasteiger partial charge in [0.2, 0.25) is 0 Å². The first-order valence-corrected chi connectivity index (χ1v) is 5.10. The fraction of sp³-hybridized carbons (Fsp3) is 0.455. The maximum Gasteiger partial charge on any atom is 0.0734 e. The van der Waals surface area contributed by atoms with Crippen LogP contribution in [0.2, 0.25) is 5.02 Å². The lowest BCUT2D eigenvalue weighted by atomic mass is 10.1. The summed E-state index contributed by atoms with van der Waals surface area (Å²) in [6, 6.07) is 5.83. The first-order valence-electron chi connectivity index (χ1n) is 4.72. The van der Waals surface area contributed by atoms with Gasteiger partial charge in [-0.05, 0) is 31.0 Å². The van der Waals surface area contributed by atoms with Gasteiger partial charge in [0.25, 0.3) is 0 Å². The quantitative estimate of drug-likeness (QED) is 0.835. The average Bonchev–Trinajstić information content (AvgIpc) is 2.15. The smallest absolute Gasteiger partial charge is 0.0734 e. The second kappa shape index (κ2) is 5.35. The molecule has 1 aromatic carbocycles. The topological polar surface area (TPSA) is 35.2 Å². The second-order valence-electron chi connectivity index (χ2n) is 3.49. The van der Waals surface area contributed by atoms with Crippen LogP contribution in [0.3, 0.4) is 0 Å². The summed E-state index contributed by atoms with van der Waals surface area (Å²) >= 11 is 6.06. The zero-order valence-electron chi connectivity index (χ0n) is 8.59. The Morgan fingerprint density at radius 1 is 1.43 bits per heavy atom. The van der Waals surface area contributed by atoms with Gasteiger partial charge in [-0.15, -0.1) is 0 Å². The highest BCUT2D eigenvalue weighted by Gasteiger charge is 2.02. The molecule has 0 aliphatic carbocycles. The van der Waals surface area contributed by atoms with E-state index in [1.165, 1.54) is 0 Å². The van der Waals surface area contributed by atoms with Crippen molar-refractivity contribution in [2.75, 3.05) is 0 Å². The zero-order valence-corrected chi connectivity index (χ0v) is 9.34. The Morgan fingerprint density at radius 3 is 2.64 bits per heavy atom. The van der Waals surface area contributed by atoms with Crippen LogP contribution in [0, 0.1) is 0 Å². The number of rotatable bonds is 4. The van der Waals surface area contributed by atoms with Crippen LogP contribution in [0.4, 0.5) is 0 Å². The SMILES string of the molecule is CC(C)OCc1ccc(CN)cc1Cl. The van der Waals surface area contributed by atoms with E-state index in [1.54, 1.807) is 0 Å². The molecular weight excluding hydrogens is 198 g/mol. The number of hydrogen-bond acceptors (Lipinski definition) is 2. The van der Waals surface area contributed by atoms with Crippen LogP contribution < -0.4 is 5.73 Å². The van der Waals surface area contributed by atoms with Crippen LogP contribution in [0.5, 0.6) is 0 Å². The van der Waals surface area contributed by atoms with E-state index in [4.69, 9.17) is 22.1 Å². The average molecular weight is 214 g/mol. The van der Waals surface area contributed by atoms with Crippen LogP contribution >= 0.6 is 11.6 Å². The Morgan fingerprint density at radius 2 is 2.14 bits per heavy atom. The number of halogens is 1. The number of hydrogen-bond donors (Lipinski definition) is 1. The van der Waals surface area contributed by atoms with E-state index in [1.807, 2.05) is 32.0 Å². The highest BCUT2D eigenvalue weighted by Crippen LogP contribution is 2.19. The van der Waals surface area contributed by atoms with E-state index < -0.39 is 0 Å². The molecule has 0 bridgehead atoms. The van der Waals surface area contributed by atoms with Gasteiger partial charge in [-0.1, -0.05) is 23.7 Å². The summed E-state index contributed by atoms with van der Waals surface area (Å²) in [6.07, 6.45) is 0.222. The molecule has 2 nitrogen and oxygen atoms in total. The highest BCUT2D eigenvalue weighted by molar-refractivity contribution is 6.31. The minimum absolute atomic E-state index is 0.222. The highest BCUT2D eigenvalue weighted by atomic mass is 35.5. The lowest BCUT2D eigenvalue weighted by molar-refractivity contribution is 0.0657. The van der Waals surface area contributed by atoms with Crippen molar-refractivity contribution in [1.82, 2.24) is 0 Å². The summed E-state index contributed by atoms with van der Waals surface area (Å²) in [5.74, 6) is 0. The zero-order chi connectivity index (χ0) is 10.6. The lowest BCUT2D eigenvalue weighted by Crippen LogP contribution is -2.03. The molecule has 0 spiro atoms. The van der Waals surface area contributed by atoms with Crippen LogP contribution in [-0.2, 0) is 17.9 Å². The predicted octanol–water partition coefficient (Wildman–Crippen LogP) is 2.72. The van der Waals surface area contributed by atoms with E-state index in [9.17, 15) is 0 Å². The monoisotopic (exact) mass is 213 g/mol. The van der Waals surface area contributed by atoms with Crippen molar-refractivity contribution in [3.05, 3.63) is 34.3 Å². The van der Waals surface area contributed by atoms with Gasteiger partial charge in [0, 0.05) is 11.6 Å². The third-order valence-corrected chi connectivity index (χ3v) is 2.28. The molecule has 3 heteroatoms. The third kappa shape index (κ3) is 3.29. The van der Waals surface area contributed by atoms with Gasteiger partial charge in [0.05, 0.1) is 12.7 Å². The molecule has 0 radical (unpaired) electrons. The molecule has 0 aliphatic heterocycles. The van der Waals surface area contributed by atoms with Crippen LogP contribution in [0.15, 0.2) is 18.2 Å². The van der Waals surface area contributed by atoms with Crippen molar-refractivity contribution >= 4 is 11.6 Å². The fourth-order valence-electron chi connectivity index (χ4n) is 1.09. The first-order chi connectivity index (χ1) is 6.63. The summed E-state index contributed by atoms with van der Waals surface area (Å²) in [6.45, 7) is 5.08. The van der Waals surface area contributed by atoms with Crippen LogP contribution in [0.1, 0.15) is 25.0 Å². The van der Waals surface area contributed by atoms with Gasteiger partial charge in [-0.3, -0.25) is 0 Å². The largest absolute Gasteiger partial charge is 0.374 e. The maximum absolute atomic E-state index is 6.06. The molecular formula is C11H16ClNO. The molecule has 0 saturated carbocycles. The molecule has 1 rings (SSSR count). The Balaban J connectivity index is 2.69. The minimum atomic E-state index is 0.222. The summed E-state index contributed by atoms with van der Waals surface area (Å²) in [7, 11) is 0. The summed E-state index contributed by atoms with van der Waals surface area (Å²) < 4.78 is 5.47. The van der Waals surface area contributed by atoms with E-state index >= 15 is 0 Å². The normalized spacial score (nSPS) is 10.9. The predicted molar refractivity (Wildman–Crippen MR) is 59.3 cm³/mol. The van der Waals surface area contributed by atoms with Crippen molar-refractivity contribution in [2.24, 2.45) is 5.73 Å². The molecule has 0 saturated heterocycles. The summed E-state index contributed by atoms with van der Waals surface area (Å²) in [5.41, 5.74) is 7.56. The minimum Gasteiger partial charge on any atom is -0.374 e. The molecule has 0 atom stereocenters. The van der Waals surface area contributed by atoms with Crippen LogP contribution in [0.25, 0.3) is 0 Å². The number of benzene rings is 1. The van der Waals surface area contributed by atoms with Gasteiger partial charge < -0.3 is 10.5 Å². The van der Waals surface area contributed by atoms with Crippen molar-refractivity contribution in [2.45, 2.75) is 33.1 Å². The number of nitrogens with two attached hydrogens (primary N) is 1. The van der Waals surface area contributed by atoms with Crippen molar-refractivity contribution in [1.29, 1.82) is 0 Å². The van der Waals surface area contributed by atoms with E-state index in [0.717, 1.165) is 16.1 Å². The molecule has 0 amide bonds. The van der Waals surface area contributed by atoms with Gasteiger partial charge in [0.1, 0.15) is 0 Å². The standard InChI is InChI=1S/C11H16ClNO/c1-8(2)14-7-10-4-3-9(6-13)5-11(10)12/h3-5,8H,6-7,13H2,1-2H3. The molecule has 0 unspecified atom stereocenters. The van der Waals surface area contributed by atoms with E-state index in [0.29, 0.717) is 13.2 Å².